The van der Waals surface area contributed by atoms with Crippen molar-refractivity contribution in [2.24, 2.45) is 0 Å². The summed E-state index contributed by atoms with van der Waals surface area (Å²) in [6.07, 6.45) is 8.67. The molecule has 0 aliphatic rings. The van der Waals surface area contributed by atoms with Crippen molar-refractivity contribution in [1.29, 1.82) is 0 Å². The van der Waals surface area contributed by atoms with Crippen molar-refractivity contribution in [2.45, 2.75) is 53.0 Å². The van der Waals surface area contributed by atoms with Crippen LogP contribution in [-0.4, -0.2) is 18.6 Å². The zero-order valence-electron chi connectivity index (χ0n) is 20.2. The highest BCUT2D eigenvalue weighted by atomic mass is 35.5. The van der Waals surface area contributed by atoms with E-state index in [1.807, 2.05) is 38.1 Å². The minimum Gasteiger partial charge on any atom is -0.496 e. The lowest BCUT2D eigenvalue weighted by atomic mass is 9.98. The van der Waals surface area contributed by atoms with E-state index in [-0.39, 0.29) is 24.3 Å². The Kier molecular flexibility index (Phi) is 10.2. The van der Waals surface area contributed by atoms with Crippen LogP contribution in [0.4, 0.5) is 9.52 Å². The van der Waals surface area contributed by atoms with Gasteiger partial charge in [0.25, 0.3) is 0 Å². The molecule has 0 spiro atoms. The lowest BCUT2D eigenvalue weighted by Gasteiger charge is -2.31. The minimum absolute atomic E-state index is 0. The van der Waals surface area contributed by atoms with Gasteiger partial charge in [-0.05, 0) is 62.1 Å². The minimum atomic E-state index is -0.203. The van der Waals surface area contributed by atoms with Crippen molar-refractivity contribution in [3.63, 3.8) is 0 Å². The number of hydrogen-bond donors (Lipinski definition) is 0. The number of methoxy groups -OCH3 is 1. The highest BCUT2D eigenvalue weighted by Gasteiger charge is 2.25. The molecule has 2 aromatic carbocycles. The van der Waals surface area contributed by atoms with Crippen molar-refractivity contribution in [3.8, 4) is 29.4 Å². The summed E-state index contributed by atoms with van der Waals surface area (Å²) in [7, 11) is 1.63. The Hall–Kier alpha value is -2.26. The van der Waals surface area contributed by atoms with E-state index in [1.54, 1.807) is 31.4 Å². The van der Waals surface area contributed by atoms with Crippen LogP contribution in [0.5, 0.6) is 5.75 Å². The number of aromatic nitrogens is 1. The first-order valence-corrected chi connectivity index (χ1v) is 12.3. The molecule has 0 amide bonds. The molecule has 0 N–H and O–H groups in total. The summed E-state index contributed by atoms with van der Waals surface area (Å²) < 4.78 is 19.8. The van der Waals surface area contributed by atoms with Crippen molar-refractivity contribution >= 4 is 40.5 Å². The first-order valence-electron chi connectivity index (χ1n) is 11.1. The number of aryl methyl sites for hydroxylation is 3. The number of halogens is 3. The van der Waals surface area contributed by atoms with Crippen molar-refractivity contribution < 1.29 is 9.13 Å². The van der Waals surface area contributed by atoms with E-state index < -0.39 is 0 Å². The molecule has 3 aromatic rings. The number of anilines is 1. The maximum atomic E-state index is 14.5. The van der Waals surface area contributed by atoms with Crippen LogP contribution in [0.2, 0.25) is 5.02 Å². The van der Waals surface area contributed by atoms with Crippen LogP contribution in [0.1, 0.15) is 53.8 Å². The smallest absolute Gasteiger partial charge is 0.187 e. The average molecular weight is 522 g/mol. The van der Waals surface area contributed by atoms with Crippen LogP contribution in [-0.2, 0) is 0 Å². The molecular weight excluding hydrogens is 490 g/mol. The average Bonchev–Trinajstić information content (AvgIpc) is 3.17. The molecule has 1 heterocycles. The van der Waals surface area contributed by atoms with E-state index in [2.05, 4.69) is 17.7 Å². The Morgan fingerprint density at radius 3 is 2.56 bits per heavy atom. The molecule has 3 rings (SSSR count). The Bertz CT molecular complexity index is 1170. The van der Waals surface area contributed by atoms with Gasteiger partial charge in [0.1, 0.15) is 11.6 Å². The first kappa shape index (κ1) is 28.0. The van der Waals surface area contributed by atoms with E-state index in [1.165, 1.54) is 0 Å². The summed E-state index contributed by atoms with van der Waals surface area (Å²) in [4.78, 5) is 8.14. The van der Waals surface area contributed by atoms with Crippen LogP contribution in [0, 0.1) is 38.9 Å². The van der Waals surface area contributed by atoms with Crippen LogP contribution >= 0.6 is 35.3 Å². The van der Waals surface area contributed by atoms with E-state index >= 15 is 0 Å². The fraction of sp³-hybridized carbons (Fsp3) is 0.370. The standard InChI is InChI=1S/C27H30ClFN2OS.ClH/c1-7-9-10-24(20-12-11-17(3)23(29)15-20)31(13-8-2)27-30-26(19(5)33-27)21-14-18(4)25(32-6)16-22(21)28;/h2,11-12,14-16,24H,7,9-10,13H2,1,3-6H3;1H/t24-;/m0./s1. The summed E-state index contributed by atoms with van der Waals surface area (Å²) in [5, 5.41) is 1.40. The number of benzene rings is 2. The Morgan fingerprint density at radius 2 is 1.94 bits per heavy atom. The summed E-state index contributed by atoms with van der Waals surface area (Å²) >= 11 is 8.17. The molecule has 3 nitrogen and oxygen atoms in total. The number of unbranched alkanes of at least 4 members (excludes halogenated alkanes) is 1. The summed E-state index contributed by atoms with van der Waals surface area (Å²) in [5.74, 6) is 3.32. The number of terminal acetylenes is 1. The molecule has 0 aliphatic carbocycles. The monoisotopic (exact) mass is 520 g/mol. The first-order chi connectivity index (χ1) is 15.8. The zero-order chi connectivity index (χ0) is 24.1. The third-order valence-corrected chi connectivity index (χ3v) is 7.14. The van der Waals surface area contributed by atoms with Gasteiger partial charge in [-0.25, -0.2) is 9.37 Å². The van der Waals surface area contributed by atoms with Crippen LogP contribution < -0.4 is 9.64 Å². The second kappa shape index (κ2) is 12.4. The molecule has 0 radical (unpaired) electrons. The second-order valence-corrected chi connectivity index (χ2v) is 9.79. The van der Waals surface area contributed by atoms with Gasteiger partial charge in [0.2, 0.25) is 0 Å². The topological polar surface area (TPSA) is 25.4 Å². The molecule has 182 valence electrons. The van der Waals surface area contributed by atoms with Crippen molar-refractivity contribution in [1.82, 2.24) is 4.98 Å². The second-order valence-electron chi connectivity index (χ2n) is 8.20. The molecular formula is C27H31Cl2FN2OS. The van der Waals surface area contributed by atoms with E-state index in [4.69, 9.17) is 27.7 Å². The Morgan fingerprint density at radius 1 is 1.21 bits per heavy atom. The molecule has 0 saturated heterocycles. The molecule has 0 saturated carbocycles. The van der Waals surface area contributed by atoms with Gasteiger partial charge in [-0.2, -0.15) is 0 Å². The Labute approximate surface area is 217 Å². The number of thiazole rings is 1. The molecule has 1 atom stereocenters. The molecule has 0 unspecified atom stereocenters. The molecule has 0 aliphatic heterocycles. The maximum Gasteiger partial charge on any atom is 0.187 e. The van der Waals surface area contributed by atoms with Crippen LogP contribution in [0.25, 0.3) is 11.3 Å². The van der Waals surface area contributed by atoms with Gasteiger partial charge in [0.15, 0.2) is 5.13 Å². The highest BCUT2D eigenvalue weighted by Crippen LogP contribution is 2.41. The van der Waals surface area contributed by atoms with E-state index in [0.29, 0.717) is 17.1 Å². The van der Waals surface area contributed by atoms with E-state index in [9.17, 15) is 4.39 Å². The zero-order valence-corrected chi connectivity index (χ0v) is 22.6. The van der Waals surface area contributed by atoms with Gasteiger partial charge in [0, 0.05) is 10.4 Å². The van der Waals surface area contributed by atoms with Gasteiger partial charge in [-0.15, -0.1) is 30.2 Å². The normalized spacial score (nSPS) is 11.5. The lowest BCUT2D eigenvalue weighted by Crippen LogP contribution is -2.29. The fourth-order valence-corrected chi connectivity index (χ4v) is 5.16. The number of ether oxygens (including phenoxy) is 1. The SMILES string of the molecule is C#CCN(c1nc(-c2cc(C)c(OC)cc2Cl)c(C)s1)[C@@H](CCCC)c1ccc(C)c(F)c1.Cl. The van der Waals surface area contributed by atoms with E-state index in [0.717, 1.165) is 57.4 Å². The number of nitrogens with zero attached hydrogens (tertiary/aromatic N) is 2. The maximum absolute atomic E-state index is 14.5. The predicted octanol–water partition coefficient (Wildman–Crippen LogP) is 8.33. The number of rotatable bonds is 9. The molecule has 0 fully saturated rings. The third-order valence-electron chi connectivity index (χ3n) is 5.82. The quantitative estimate of drug-likeness (QED) is 0.265. The molecule has 1 aromatic heterocycles. The summed E-state index contributed by atoms with van der Waals surface area (Å²) in [6.45, 7) is 8.33. The van der Waals surface area contributed by atoms with Crippen LogP contribution in [0.3, 0.4) is 0 Å². The van der Waals surface area contributed by atoms with Gasteiger partial charge >= 0.3 is 0 Å². The third kappa shape index (κ3) is 6.05. The summed E-state index contributed by atoms with van der Waals surface area (Å²) in [6, 6.07) is 9.21. The molecule has 0 bridgehead atoms. The van der Waals surface area contributed by atoms with Gasteiger partial charge in [0.05, 0.1) is 30.4 Å². The molecule has 7 heteroatoms. The largest absolute Gasteiger partial charge is 0.496 e. The van der Waals surface area contributed by atoms with Gasteiger partial charge < -0.3 is 9.64 Å². The van der Waals surface area contributed by atoms with Crippen molar-refractivity contribution in [2.75, 3.05) is 18.6 Å². The Balaban J connectivity index is 0.00000408. The van der Waals surface area contributed by atoms with Crippen LogP contribution in [0.15, 0.2) is 30.3 Å². The predicted molar refractivity (Wildman–Crippen MR) is 145 cm³/mol. The number of hydrogen-bond acceptors (Lipinski definition) is 4. The highest BCUT2D eigenvalue weighted by molar-refractivity contribution is 7.16. The van der Waals surface area contributed by atoms with Crippen molar-refractivity contribution in [3.05, 3.63) is 62.7 Å². The summed E-state index contributed by atoms with van der Waals surface area (Å²) in [5.41, 5.74) is 4.23. The fourth-order valence-electron chi connectivity index (χ4n) is 3.95. The van der Waals surface area contributed by atoms with Gasteiger partial charge in [-0.3, -0.25) is 0 Å². The van der Waals surface area contributed by atoms with Gasteiger partial charge in [-0.1, -0.05) is 49.4 Å². The molecule has 34 heavy (non-hydrogen) atoms. The lowest BCUT2D eigenvalue weighted by molar-refractivity contribution is 0.412.